The standard InChI is InChI=1S/C16H22N4O3/c1-5-23-14-7-6-13(8-15(14)22-4)11(2)19-16(21)12(3)20-10-17-9-18-20/h6-12H,5H2,1-4H3,(H,19,21)/t11-,12-/m1/s1. The Morgan fingerprint density at radius 2 is 2.13 bits per heavy atom. The fraction of sp³-hybridized carbons (Fsp3) is 0.438. The molecule has 0 bridgehead atoms. The van der Waals surface area contributed by atoms with Crippen molar-refractivity contribution in [2.45, 2.75) is 32.9 Å². The molecule has 0 saturated heterocycles. The van der Waals surface area contributed by atoms with Crippen molar-refractivity contribution in [1.82, 2.24) is 20.1 Å². The highest BCUT2D eigenvalue weighted by molar-refractivity contribution is 5.80. The van der Waals surface area contributed by atoms with Gasteiger partial charge in [-0.3, -0.25) is 4.79 Å². The van der Waals surface area contributed by atoms with Gasteiger partial charge in [-0.1, -0.05) is 6.07 Å². The van der Waals surface area contributed by atoms with Crippen LogP contribution >= 0.6 is 0 Å². The predicted molar refractivity (Wildman–Crippen MR) is 85.5 cm³/mol. The van der Waals surface area contributed by atoms with Crippen LogP contribution in [0, 0.1) is 0 Å². The highest BCUT2D eigenvalue weighted by Crippen LogP contribution is 2.30. The number of hydrogen-bond acceptors (Lipinski definition) is 5. The summed E-state index contributed by atoms with van der Waals surface area (Å²) in [5.41, 5.74) is 0.935. The Labute approximate surface area is 135 Å². The molecule has 0 aliphatic rings. The summed E-state index contributed by atoms with van der Waals surface area (Å²) in [5.74, 6) is 1.21. The molecular weight excluding hydrogens is 296 g/mol. The number of rotatable bonds is 7. The van der Waals surface area contributed by atoms with Gasteiger partial charge in [0.2, 0.25) is 5.91 Å². The first-order valence-electron chi connectivity index (χ1n) is 7.52. The molecule has 124 valence electrons. The predicted octanol–water partition coefficient (Wildman–Crippen LogP) is 2.12. The Hall–Kier alpha value is -2.57. The van der Waals surface area contributed by atoms with Gasteiger partial charge in [-0.05, 0) is 38.5 Å². The molecule has 0 saturated carbocycles. The van der Waals surface area contributed by atoms with Crippen LogP contribution in [0.15, 0.2) is 30.9 Å². The zero-order chi connectivity index (χ0) is 16.8. The maximum Gasteiger partial charge on any atom is 0.245 e. The van der Waals surface area contributed by atoms with Gasteiger partial charge in [0, 0.05) is 0 Å². The van der Waals surface area contributed by atoms with Gasteiger partial charge in [-0.25, -0.2) is 9.67 Å². The van der Waals surface area contributed by atoms with Crippen molar-refractivity contribution < 1.29 is 14.3 Å². The average Bonchev–Trinajstić information content (AvgIpc) is 3.09. The molecule has 0 unspecified atom stereocenters. The first-order valence-corrected chi connectivity index (χ1v) is 7.52. The molecule has 7 nitrogen and oxygen atoms in total. The van der Waals surface area contributed by atoms with Crippen molar-refractivity contribution >= 4 is 5.91 Å². The van der Waals surface area contributed by atoms with Gasteiger partial charge in [0.15, 0.2) is 11.5 Å². The Balaban J connectivity index is 2.08. The fourth-order valence-electron chi connectivity index (χ4n) is 2.18. The average molecular weight is 318 g/mol. The van der Waals surface area contributed by atoms with E-state index in [1.165, 1.54) is 17.3 Å². The van der Waals surface area contributed by atoms with E-state index in [1.807, 2.05) is 32.0 Å². The molecule has 23 heavy (non-hydrogen) atoms. The summed E-state index contributed by atoms with van der Waals surface area (Å²) in [7, 11) is 1.59. The second kappa shape index (κ2) is 7.62. The molecule has 0 fully saturated rings. The van der Waals surface area contributed by atoms with Crippen molar-refractivity contribution in [3.8, 4) is 11.5 Å². The van der Waals surface area contributed by atoms with Crippen LogP contribution in [0.5, 0.6) is 11.5 Å². The second-order valence-corrected chi connectivity index (χ2v) is 5.13. The number of carbonyl (C=O) groups is 1. The summed E-state index contributed by atoms with van der Waals surface area (Å²) in [5, 5.41) is 6.95. The van der Waals surface area contributed by atoms with E-state index < -0.39 is 6.04 Å². The second-order valence-electron chi connectivity index (χ2n) is 5.13. The SMILES string of the molecule is CCOc1ccc([C@@H](C)NC(=O)[C@@H](C)n2cncn2)cc1OC. The van der Waals surface area contributed by atoms with Crippen LogP contribution in [0.25, 0.3) is 0 Å². The number of amides is 1. The van der Waals surface area contributed by atoms with Gasteiger partial charge < -0.3 is 14.8 Å². The van der Waals surface area contributed by atoms with Crippen molar-refractivity contribution in [1.29, 1.82) is 0 Å². The number of ether oxygens (including phenoxy) is 2. The van der Waals surface area contributed by atoms with Crippen LogP contribution in [0.4, 0.5) is 0 Å². The van der Waals surface area contributed by atoms with Gasteiger partial charge in [-0.15, -0.1) is 0 Å². The number of benzene rings is 1. The molecule has 1 amide bonds. The lowest BCUT2D eigenvalue weighted by molar-refractivity contribution is -0.124. The van der Waals surface area contributed by atoms with Crippen LogP contribution in [0.1, 0.15) is 38.4 Å². The van der Waals surface area contributed by atoms with E-state index in [-0.39, 0.29) is 11.9 Å². The quantitative estimate of drug-likeness (QED) is 0.846. The first kappa shape index (κ1) is 16.8. The summed E-state index contributed by atoms with van der Waals surface area (Å²) < 4.78 is 12.4. The fourth-order valence-corrected chi connectivity index (χ4v) is 2.18. The molecule has 1 heterocycles. The molecule has 0 aliphatic carbocycles. The molecule has 0 spiro atoms. The zero-order valence-electron chi connectivity index (χ0n) is 13.8. The summed E-state index contributed by atoms with van der Waals surface area (Å²) in [6.07, 6.45) is 2.93. The number of aromatic nitrogens is 3. The highest BCUT2D eigenvalue weighted by Gasteiger charge is 2.19. The molecule has 7 heteroatoms. The molecule has 1 aromatic heterocycles. The van der Waals surface area contributed by atoms with E-state index in [2.05, 4.69) is 15.4 Å². The third-order valence-electron chi connectivity index (χ3n) is 3.56. The number of carbonyl (C=O) groups excluding carboxylic acids is 1. The minimum atomic E-state index is -0.426. The van der Waals surface area contributed by atoms with Gasteiger partial charge in [0.05, 0.1) is 19.8 Å². The van der Waals surface area contributed by atoms with Gasteiger partial charge in [0.1, 0.15) is 18.7 Å². The van der Waals surface area contributed by atoms with E-state index in [9.17, 15) is 4.79 Å². The summed E-state index contributed by atoms with van der Waals surface area (Å²) in [4.78, 5) is 16.1. The molecule has 2 atom stereocenters. The molecule has 1 aromatic carbocycles. The number of methoxy groups -OCH3 is 1. The third-order valence-corrected chi connectivity index (χ3v) is 3.56. The van der Waals surface area contributed by atoms with Crippen LogP contribution in [-0.2, 0) is 4.79 Å². The van der Waals surface area contributed by atoms with Gasteiger partial charge in [0.25, 0.3) is 0 Å². The van der Waals surface area contributed by atoms with Gasteiger partial charge in [-0.2, -0.15) is 5.10 Å². The maximum atomic E-state index is 12.3. The Kier molecular flexibility index (Phi) is 5.56. The highest BCUT2D eigenvalue weighted by atomic mass is 16.5. The minimum absolute atomic E-state index is 0.129. The lowest BCUT2D eigenvalue weighted by Crippen LogP contribution is -2.33. The summed E-state index contributed by atoms with van der Waals surface area (Å²) in [6.45, 7) is 6.18. The van der Waals surface area contributed by atoms with Crippen molar-refractivity contribution in [3.05, 3.63) is 36.4 Å². The number of nitrogens with one attached hydrogen (secondary N) is 1. The largest absolute Gasteiger partial charge is 0.493 e. The van der Waals surface area contributed by atoms with E-state index in [0.29, 0.717) is 18.1 Å². The molecule has 0 radical (unpaired) electrons. The smallest absolute Gasteiger partial charge is 0.245 e. The normalized spacial score (nSPS) is 13.2. The molecule has 2 rings (SSSR count). The van der Waals surface area contributed by atoms with Gasteiger partial charge >= 0.3 is 0 Å². The minimum Gasteiger partial charge on any atom is -0.493 e. The van der Waals surface area contributed by atoms with Crippen LogP contribution < -0.4 is 14.8 Å². The number of hydrogen-bond donors (Lipinski definition) is 1. The lowest BCUT2D eigenvalue weighted by Gasteiger charge is -2.19. The van der Waals surface area contributed by atoms with Crippen LogP contribution in [0.2, 0.25) is 0 Å². The Morgan fingerprint density at radius 3 is 2.74 bits per heavy atom. The molecule has 2 aromatic rings. The van der Waals surface area contributed by atoms with E-state index >= 15 is 0 Å². The molecule has 1 N–H and O–H groups in total. The van der Waals surface area contributed by atoms with E-state index in [0.717, 1.165) is 5.56 Å². The third kappa shape index (κ3) is 4.00. The Morgan fingerprint density at radius 1 is 1.35 bits per heavy atom. The zero-order valence-corrected chi connectivity index (χ0v) is 13.8. The van der Waals surface area contributed by atoms with E-state index in [4.69, 9.17) is 9.47 Å². The summed E-state index contributed by atoms with van der Waals surface area (Å²) >= 11 is 0. The lowest BCUT2D eigenvalue weighted by atomic mass is 10.1. The van der Waals surface area contributed by atoms with Crippen molar-refractivity contribution in [2.75, 3.05) is 13.7 Å². The molecular formula is C16H22N4O3. The van der Waals surface area contributed by atoms with Crippen molar-refractivity contribution in [3.63, 3.8) is 0 Å². The maximum absolute atomic E-state index is 12.3. The monoisotopic (exact) mass is 318 g/mol. The molecule has 0 aliphatic heterocycles. The number of nitrogens with zero attached hydrogens (tertiary/aromatic N) is 3. The summed E-state index contributed by atoms with van der Waals surface area (Å²) in [6, 6.07) is 5.04. The van der Waals surface area contributed by atoms with Crippen LogP contribution in [0.3, 0.4) is 0 Å². The topological polar surface area (TPSA) is 78.3 Å². The van der Waals surface area contributed by atoms with Crippen LogP contribution in [-0.4, -0.2) is 34.4 Å². The Bertz CT molecular complexity index is 643. The van der Waals surface area contributed by atoms with E-state index in [1.54, 1.807) is 14.0 Å². The first-order chi connectivity index (χ1) is 11.1. The van der Waals surface area contributed by atoms with Crippen molar-refractivity contribution in [2.24, 2.45) is 0 Å².